The van der Waals surface area contributed by atoms with E-state index in [4.69, 9.17) is 0 Å². The zero-order valence-electron chi connectivity index (χ0n) is 13.1. The van der Waals surface area contributed by atoms with Crippen molar-refractivity contribution in [1.82, 2.24) is 9.97 Å². The van der Waals surface area contributed by atoms with Crippen LogP contribution < -0.4 is 16.0 Å². The fourth-order valence-corrected chi connectivity index (χ4v) is 1.97. The van der Waals surface area contributed by atoms with Crippen molar-refractivity contribution < 1.29 is 4.79 Å². The molecule has 0 saturated carbocycles. The van der Waals surface area contributed by atoms with Gasteiger partial charge in [0.25, 0.3) is 0 Å². The van der Waals surface area contributed by atoms with Gasteiger partial charge in [0.2, 0.25) is 11.9 Å². The molecular formula is C16H21N5O. The van der Waals surface area contributed by atoms with Gasteiger partial charge in [0.1, 0.15) is 5.82 Å². The van der Waals surface area contributed by atoms with Gasteiger partial charge < -0.3 is 16.0 Å². The van der Waals surface area contributed by atoms with Crippen LogP contribution in [0.25, 0.3) is 0 Å². The third-order valence-electron chi connectivity index (χ3n) is 2.84. The number of aromatic nitrogens is 2. The average Bonchev–Trinajstić information content (AvgIpc) is 2.44. The molecule has 116 valence electrons. The highest BCUT2D eigenvalue weighted by Crippen LogP contribution is 2.20. The topological polar surface area (TPSA) is 78.9 Å². The third-order valence-corrected chi connectivity index (χ3v) is 2.84. The quantitative estimate of drug-likeness (QED) is 0.762. The Balaban J connectivity index is 2.16. The fraction of sp³-hybridized carbons (Fsp3) is 0.312. The first-order chi connectivity index (χ1) is 10.6. The van der Waals surface area contributed by atoms with Crippen molar-refractivity contribution in [1.29, 1.82) is 0 Å². The number of carbonyl (C=O) groups is 1. The molecule has 0 aliphatic carbocycles. The number of carbonyl (C=O) groups excluding carboxylic acids is 1. The van der Waals surface area contributed by atoms with Gasteiger partial charge in [-0.3, -0.25) is 4.79 Å². The number of aryl methyl sites for hydroxylation is 1. The molecule has 0 unspecified atom stereocenters. The van der Waals surface area contributed by atoms with E-state index in [1.54, 1.807) is 0 Å². The van der Waals surface area contributed by atoms with Gasteiger partial charge >= 0.3 is 0 Å². The predicted octanol–water partition coefficient (Wildman–Crippen LogP) is 3.31. The average molecular weight is 299 g/mol. The smallest absolute Gasteiger partial charge is 0.224 e. The van der Waals surface area contributed by atoms with Crippen molar-refractivity contribution in [3.8, 4) is 0 Å². The van der Waals surface area contributed by atoms with Gasteiger partial charge in [-0.2, -0.15) is 4.98 Å². The Morgan fingerprint density at radius 1 is 1.18 bits per heavy atom. The van der Waals surface area contributed by atoms with Gasteiger partial charge in [-0.1, -0.05) is 13.0 Å². The molecule has 6 nitrogen and oxygen atoms in total. The van der Waals surface area contributed by atoms with Crippen LogP contribution >= 0.6 is 0 Å². The van der Waals surface area contributed by atoms with E-state index in [-0.39, 0.29) is 5.91 Å². The lowest BCUT2D eigenvalue weighted by Gasteiger charge is -2.10. The highest BCUT2D eigenvalue weighted by Gasteiger charge is 2.03. The number of anilines is 4. The molecule has 6 heteroatoms. The van der Waals surface area contributed by atoms with Crippen LogP contribution in [0.1, 0.15) is 26.0 Å². The van der Waals surface area contributed by atoms with Gasteiger partial charge in [-0.25, -0.2) is 4.98 Å². The number of hydrogen-bond donors (Lipinski definition) is 3. The minimum Gasteiger partial charge on any atom is -0.354 e. The Morgan fingerprint density at radius 3 is 2.68 bits per heavy atom. The summed E-state index contributed by atoms with van der Waals surface area (Å²) in [5, 5.41) is 9.17. The molecule has 0 saturated heterocycles. The molecule has 1 amide bonds. The normalized spacial score (nSPS) is 10.1. The second-order valence-electron chi connectivity index (χ2n) is 5.03. The minimum atomic E-state index is -0.0962. The summed E-state index contributed by atoms with van der Waals surface area (Å²) in [5.74, 6) is 1.23. The number of benzene rings is 1. The van der Waals surface area contributed by atoms with Crippen molar-refractivity contribution in [2.24, 2.45) is 0 Å². The lowest BCUT2D eigenvalue weighted by molar-refractivity contribution is -0.114. The number of nitrogens with zero attached hydrogens (tertiary/aromatic N) is 2. The Bertz CT molecular complexity index is 657. The number of hydrogen-bond acceptors (Lipinski definition) is 5. The maximum atomic E-state index is 11.1. The first-order valence-electron chi connectivity index (χ1n) is 7.31. The molecule has 0 atom stereocenters. The lowest BCUT2D eigenvalue weighted by atomic mass is 10.2. The summed E-state index contributed by atoms with van der Waals surface area (Å²) in [6.07, 6.45) is 1.01. The molecule has 0 radical (unpaired) electrons. The Hall–Kier alpha value is -2.63. The minimum absolute atomic E-state index is 0.0962. The highest BCUT2D eigenvalue weighted by molar-refractivity contribution is 5.89. The van der Waals surface area contributed by atoms with E-state index in [9.17, 15) is 4.79 Å². The van der Waals surface area contributed by atoms with Crippen LogP contribution in [0.4, 0.5) is 23.1 Å². The van der Waals surface area contributed by atoms with Crippen LogP contribution in [0.2, 0.25) is 0 Å². The van der Waals surface area contributed by atoms with Crippen LogP contribution in [0, 0.1) is 6.92 Å². The molecule has 0 bridgehead atoms. The molecule has 22 heavy (non-hydrogen) atoms. The van der Waals surface area contributed by atoms with Crippen LogP contribution in [0.3, 0.4) is 0 Å². The summed E-state index contributed by atoms with van der Waals surface area (Å²) in [6, 6.07) is 9.37. The maximum absolute atomic E-state index is 11.1. The molecule has 0 fully saturated rings. The second-order valence-corrected chi connectivity index (χ2v) is 5.03. The summed E-state index contributed by atoms with van der Waals surface area (Å²) in [4.78, 5) is 19.9. The summed E-state index contributed by atoms with van der Waals surface area (Å²) in [5.41, 5.74) is 2.48. The molecule has 2 rings (SSSR count). The van der Waals surface area contributed by atoms with Crippen molar-refractivity contribution in [2.45, 2.75) is 27.2 Å². The molecule has 1 aromatic carbocycles. The van der Waals surface area contributed by atoms with Gasteiger partial charge in [0.05, 0.1) is 0 Å². The standard InChI is InChI=1S/C16H21N5O/c1-4-8-17-16-18-11(2)9-15(21-16)20-14-7-5-6-13(10-14)19-12(3)22/h5-7,9-10H,4,8H2,1-3H3,(H,19,22)(H2,17,18,20,21). The molecule has 0 aliphatic heterocycles. The maximum Gasteiger partial charge on any atom is 0.224 e. The molecule has 2 aromatic rings. The molecule has 1 heterocycles. The summed E-state index contributed by atoms with van der Waals surface area (Å²) >= 11 is 0. The van der Waals surface area contributed by atoms with Gasteiger partial charge in [-0.15, -0.1) is 0 Å². The number of rotatable bonds is 6. The summed E-state index contributed by atoms with van der Waals surface area (Å²) < 4.78 is 0. The zero-order chi connectivity index (χ0) is 15.9. The van der Waals surface area contributed by atoms with E-state index >= 15 is 0 Å². The molecule has 0 spiro atoms. The first kappa shape index (κ1) is 15.8. The molecular weight excluding hydrogens is 278 g/mol. The van der Waals surface area contributed by atoms with E-state index < -0.39 is 0 Å². The predicted molar refractivity (Wildman–Crippen MR) is 89.6 cm³/mol. The van der Waals surface area contributed by atoms with Crippen LogP contribution in [0.5, 0.6) is 0 Å². The Morgan fingerprint density at radius 2 is 1.95 bits per heavy atom. The van der Waals surface area contributed by atoms with Crippen LogP contribution in [-0.2, 0) is 4.79 Å². The van der Waals surface area contributed by atoms with E-state index in [1.165, 1.54) is 6.92 Å². The SMILES string of the molecule is CCCNc1nc(C)cc(Nc2cccc(NC(C)=O)c2)n1. The monoisotopic (exact) mass is 299 g/mol. The lowest BCUT2D eigenvalue weighted by Crippen LogP contribution is -2.07. The van der Waals surface area contributed by atoms with Crippen molar-refractivity contribution in [2.75, 3.05) is 22.5 Å². The Labute approximate surface area is 130 Å². The summed E-state index contributed by atoms with van der Waals surface area (Å²) in [7, 11) is 0. The number of nitrogens with one attached hydrogen (secondary N) is 3. The summed E-state index contributed by atoms with van der Waals surface area (Å²) in [6.45, 7) is 6.34. The third kappa shape index (κ3) is 4.73. The highest BCUT2D eigenvalue weighted by atomic mass is 16.1. The van der Waals surface area contributed by atoms with Crippen LogP contribution in [0.15, 0.2) is 30.3 Å². The zero-order valence-corrected chi connectivity index (χ0v) is 13.1. The molecule has 3 N–H and O–H groups in total. The first-order valence-corrected chi connectivity index (χ1v) is 7.31. The van der Waals surface area contributed by atoms with Gasteiger partial charge in [0, 0.05) is 36.6 Å². The van der Waals surface area contributed by atoms with E-state index in [1.807, 2.05) is 37.3 Å². The van der Waals surface area contributed by atoms with E-state index in [2.05, 4.69) is 32.8 Å². The molecule has 1 aromatic heterocycles. The largest absolute Gasteiger partial charge is 0.354 e. The van der Waals surface area contributed by atoms with E-state index in [0.717, 1.165) is 30.0 Å². The van der Waals surface area contributed by atoms with Crippen molar-refractivity contribution >= 4 is 29.0 Å². The Kier molecular flexibility index (Phi) is 5.30. The second kappa shape index (κ2) is 7.40. The van der Waals surface area contributed by atoms with Gasteiger partial charge in [0.15, 0.2) is 0 Å². The van der Waals surface area contributed by atoms with Crippen LogP contribution in [-0.4, -0.2) is 22.4 Å². The van der Waals surface area contributed by atoms with Gasteiger partial charge in [-0.05, 0) is 31.5 Å². The molecule has 0 aliphatic rings. The fourth-order valence-electron chi connectivity index (χ4n) is 1.97. The number of amides is 1. The van der Waals surface area contributed by atoms with Crippen molar-refractivity contribution in [3.63, 3.8) is 0 Å². The van der Waals surface area contributed by atoms with Crippen molar-refractivity contribution in [3.05, 3.63) is 36.0 Å². The van der Waals surface area contributed by atoms with E-state index in [0.29, 0.717) is 11.8 Å².